The second kappa shape index (κ2) is 8.06. The molecule has 0 radical (unpaired) electrons. The summed E-state index contributed by atoms with van der Waals surface area (Å²) in [6.45, 7) is 3.57. The molecule has 4 rings (SSSR count). The van der Waals surface area contributed by atoms with Gasteiger partial charge in [0.1, 0.15) is 17.7 Å². The van der Waals surface area contributed by atoms with Crippen LogP contribution in [0.2, 0.25) is 0 Å². The number of pyridine rings is 2. The lowest BCUT2D eigenvalue weighted by Gasteiger charge is -2.32. The van der Waals surface area contributed by atoms with Crippen molar-refractivity contribution in [2.75, 3.05) is 24.5 Å². The Balaban J connectivity index is 1.53. The van der Waals surface area contributed by atoms with Gasteiger partial charge in [0, 0.05) is 43.5 Å². The van der Waals surface area contributed by atoms with E-state index in [4.69, 9.17) is 10.5 Å². The molecule has 0 spiro atoms. The Morgan fingerprint density at radius 2 is 1.97 bits per heavy atom. The minimum atomic E-state index is -0.477. The Hall–Kier alpha value is -3.16. The number of primary amides is 1. The lowest BCUT2D eigenvalue weighted by Crippen LogP contribution is -2.43. The maximum Gasteiger partial charge on any atom is 0.320 e. The topological polar surface area (TPSA) is 102 Å². The molecule has 2 N–H and O–H groups in total. The number of carbonyl (C=O) groups is 2. The number of ether oxygens (including phenoxy) is 1. The predicted molar refractivity (Wildman–Crippen MR) is 109 cm³/mol. The molecule has 29 heavy (non-hydrogen) atoms. The van der Waals surface area contributed by atoms with Gasteiger partial charge >= 0.3 is 6.03 Å². The van der Waals surface area contributed by atoms with E-state index >= 15 is 0 Å². The monoisotopic (exact) mass is 395 g/mol. The first kappa shape index (κ1) is 19.2. The zero-order chi connectivity index (χ0) is 20.4. The molecule has 4 heterocycles. The van der Waals surface area contributed by atoms with Crippen molar-refractivity contribution < 1.29 is 14.3 Å². The van der Waals surface area contributed by atoms with Crippen LogP contribution in [0, 0.1) is 0 Å². The Morgan fingerprint density at radius 1 is 1.14 bits per heavy atom. The van der Waals surface area contributed by atoms with Gasteiger partial charge in [-0.05, 0) is 43.4 Å². The lowest BCUT2D eigenvalue weighted by molar-refractivity contribution is -0.131. The maximum absolute atomic E-state index is 11.6. The molecular formula is C21H25N5O3. The number of nitrogens with zero attached hydrogens (tertiary/aromatic N) is 4. The molecule has 1 saturated heterocycles. The molecule has 2 aromatic heterocycles. The number of aromatic nitrogens is 2. The highest BCUT2D eigenvalue weighted by atomic mass is 16.5. The molecule has 1 atom stereocenters. The fourth-order valence-corrected chi connectivity index (χ4v) is 3.99. The Labute approximate surface area is 169 Å². The van der Waals surface area contributed by atoms with Gasteiger partial charge in [-0.1, -0.05) is 0 Å². The summed E-state index contributed by atoms with van der Waals surface area (Å²) >= 11 is 0. The summed E-state index contributed by atoms with van der Waals surface area (Å²) in [5.41, 5.74) is 8.28. The lowest BCUT2D eigenvalue weighted by atomic mass is 10.0. The summed E-state index contributed by atoms with van der Waals surface area (Å²) in [4.78, 5) is 35.4. The van der Waals surface area contributed by atoms with Crippen LogP contribution in [0.5, 0.6) is 5.75 Å². The molecule has 3 amide bonds. The molecule has 0 unspecified atom stereocenters. The fraction of sp³-hybridized carbons (Fsp3) is 0.429. The predicted octanol–water partition coefficient (Wildman–Crippen LogP) is 2.36. The molecule has 152 valence electrons. The number of hydrogen-bond donors (Lipinski definition) is 1. The van der Waals surface area contributed by atoms with Crippen molar-refractivity contribution in [2.45, 2.75) is 38.7 Å². The summed E-state index contributed by atoms with van der Waals surface area (Å²) in [6, 6.07) is 3.50. The van der Waals surface area contributed by atoms with E-state index in [0.717, 1.165) is 48.9 Å². The minimum Gasteiger partial charge on any atom is -0.487 e. The van der Waals surface area contributed by atoms with Gasteiger partial charge in [0.15, 0.2) is 0 Å². The van der Waals surface area contributed by atoms with Crippen LogP contribution in [0.3, 0.4) is 0 Å². The minimum absolute atomic E-state index is 0.0320. The Kier molecular flexibility index (Phi) is 5.33. The highest BCUT2D eigenvalue weighted by Gasteiger charge is 2.24. The highest BCUT2D eigenvalue weighted by molar-refractivity contribution is 5.91. The Morgan fingerprint density at radius 3 is 2.76 bits per heavy atom. The summed E-state index contributed by atoms with van der Waals surface area (Å²) in [5, 5.41) is 0. The smallest absolute Gasteiger partial charge is 0.320 e. The third kappa shape index (κ3) is 4.16. The van der Waals surface area contributed by atoms with Crippen LogP contribution in [-0.2, 0) is 11.2 Å². The van der Waals surface area contributed by atoms with Gasteiger partial charge in [-0.15, -0.1) is 0 Å². The summed E-state index contributed by atoms with van der Waals surface area (Å²) in [6.07, 6.45) is 8.72. The first-order valence-electron chi connectivity index (χ1n) is 9.95. The summed E-state index contributed by atoms with van der Waals surface area (Å²) in [7, 11) is 0. The molecular weight excluding hydrogens is 370 g/mol. The number of aryl methyl sites for hydroxylation is 1. The first-order chi connectivity index (χ1) is 14.0. The highest BCUT2D eigenvalue weighted by Crippen LogP contribution is 2.30. The van der Waals surface area contributed by atoms with E-state index in [2.05, 4.69) is 9.97 Å². The van der Waals surface area contributed by atoms with Gasteiger partial charge in [0.2, 0.25) is 5.91 Å². The van der Waals surface area contributed by atoms with Crippen molar-refractivity contribution in [1.82, 2.24) is 14.9 Å². The molecule has 0 aliphatic carbocycles. The number of rotatable bonds is 3. The third-order valence-corrected chi connectivity index (χ3v) is 5.47. The molecule has 0 saturated carbocycles. The fourth-order valence-electron chi connectivity index (χ4n) is 3.99. The normalized spacial score (nSPS) is 18.9. The van der Waals surface area contributed by atoms with Crippen LogP contribution in [-0.4, -0.2) is 52.5 Å². The summed E-state index contributed by atoms with van der Waals surface area (Å²) < 4.78 is 6.11. The van der Waals surface area contributed by atoms with E-state index < -0.39 is 6.03 Å². The average molecular weight is 395 g/mol. The number of urea groups is 1. The van der Waals surface area contributed by atoms with Crippen molar-refractivity contribution in [2.24, 2.45) is 5.73 Å². The zero-order valence-corrected chi connectivity index (χ0v) is 16.5. The van der Waals surface area contributed by atoms with Crippen LogP contribution >= 0.6 is 0 Å². The van der Waals surface area contributed by atoms with Gasteiger partial charge in [-0.3, -0.25) is 14.7 Å². The van der Waals surface area contributed by atoms with Crippen molar-refractivity contribution >= 4 is 17.8 Å². The number of amides is 3. The number of carbonyl (C=O) groups excluding carboxylic acids is 2. The van der Waals surface area contributed by atoms with Crippen LogP contribution < -0.4 is 15.4 Å². The van der Waals surface area contributed by atoms with Crippen LogP contribution in [0.4, 0.5) is 10.6 Å². The van der Waals surface area contributed by atoms with E-state index in [9.17, 15) is 9.59 Å². The van der Waals surface area contributed by atoms with Crippen LogP contribution in [0.25, 0.3) is 11.1 Å². The van der Waals surface area contributed by atoms with Crippen molar-refractivity contribution in [3.05, 3.63) is 36.3 Å². The Bertz CT molecular complexity index is 932. The van der Waals surface area contributed by atoms with Gasteiger partial charge in [0.25, 0.3) is 0 Å². The zero-order valence-electron chi connectivity index (χ0n) is 16.5. The quantitative estimate of drug-likeness (QED) is 0.860. The van der Waals surface area contributed by atoms with E-state index in [0.29, 0.717) is 24.7 Å². The number of likely N-dealkylation sites (tertiary alicyclic amines) is 1. The standard InChI is InChI=1S/C21H25N5O3/c1-14(27)25-6-3-5-18(13-25)29-19-9-17(10-23-12-19)16-8-15-4-2-7-26(21(22)28)20(15)24-11-16/h8-12,18H,2-7,13H2,1H3,(H2,22,28)/t18-/m0/s1. The van der Waals surface area contributed by atoms with E-state index in [1.807, 2.05) is 17.0 Å². The third-order valence-electron chi connectivity index (χ3n) is 5.47. The van der Waals surface area contributed by atoms with Crippen molar-refractivity contribution in [3.63, 3.8) is 0 Å². The average Bonchev–Trinajstić information content (AvgIpc) is 2.73. The van der Waals surface area contributed by atoms with Crippen molar-refractivity contribution in [3.8, 4) is 16.9 Å². The molecule has 2 aliphatic rings. The molecule has 8 heteroatoms. The van der Waals surface area contributed by atoms with Gasteiger partial charge < -0.3 is 15.4 Å². The summed E-state index contributed by atoms with van der Waals surface area (Å²) in [5.74, 6) is 1.39. The van der Waals surface area contributed by atoms with Gasteiger partial charge in [0.05, 0.1) is 12.7 Å². The van der Waals surface area contributed by atoms with Crippen molar-refractivity contribution in [1.29, 1.82) is 0 Å². The molecule has 2 aromatic rings. The SMILES string of the molecule is CC(=O)N1CCC[C@H](Oc2cncc(-c3cnc4c(c3)CCCN4C(N)=O)c2)C1. The van der Waals surface area contributed by atoms with Gasteiger partial charge in [-0.2, -0.15) is 0 Å². The molecule has 1 fully saturated rings. The number of hydrogen-bond acceptors (Lipinski definition) is 5. The first-order valence-corrected chi connectivity index (χ1v) is 9.95. The van der Waals surface area contributed by atoms with E-state index in [1.165, 1.54) is 4.90 Å². The van der Waals surface area contributed by atoms with E-state index in [-0.39, 0.29) is 12.0 Å². The second-order valence-corrected chi connectivity index (χ2v) is 7.56. The van der Waals surface area contributed by atoms with Crippen LogP contribution in [0.15, 0.2) is 30.7 Å². The molecule has 0 bridgehead atoms. The number of anilines is 1. The maximum atomic E-state index is 11.6. The van der Waals surface area contributed by atoms with E-state index in [1.54, 1.807) is 25.5 Å². The number of fused-ring (bicyclic) bond motifs is 1. The second-order valence-electron chi connectivity index (χ2n) is 7.56. The van der Waals surface area contributed by atoms with Gasteiger partial charge in [-0.25, -0.2) is 9.78 Å². The largest absolute Gasteiger partial charge is 0.487 e. The molecule has 2 aliphatic heterocycles. The molecule has 8 nitrogen and oxygen atoms in total. The van der Waals surface area contributed by atoms with Crippen LogP contribution in [0.1, 0.15) is 31.7 Å². The number of piperidine rings is 1. The molecule has 0 aromatic carbocycles. The number of nitrogens with two attached hydrogens (primary N) is 1.